The minimum Gasteiger partial charge on any atom is -0.336 e. The van der Waals surface area contributed by atoms with Gasteiger partial charge in [0.05, 0.1) is 5.02 Å². The average molecular weight is 320 g/mol. The third-order valence-electron chi connectivity index (χ3n) is 2.99. The van der Waals surface area contributed by atoms with E-state index >= 15 is 0 Å². The van der Waals surface area contributed by atoms with Crippen LogP contribution in [0.2, 0.25) is 5.02 Å². The molecule has 1 aliphatic rings. The van der Waals surface area contributed by atoms with Crippen LogP contribution in [0.25, 0.3) is 0 Å². The van der Waals surface area contributed by atoms with Gasteiger partial charge in [0.1, 0.15) is 4.90 Å². The van der Waals surface area contributed by atoms with Crippen molar-refractivity contribution < 1.29 is 18.4 Å². The number of sulfonamides is 1. The molecular weight excluding hydrogens is 306 g/mol. The van der Waals surface area contributed by atoms with E-state index in [1.165, 1.54) is 17.0 Å². The predicted octanol–water partition coefficient (Wildman–Crippen LogP) is 0.0529. The molecular formula is C11H14ClN3O4S. The minimum atomic E-state index is -4.13. The van der Waals surface area contributed by atoms with Gasteiger partial charge in [-0.05, 0) is 18.2 Å². The molecule has 0 aliphatic carbocycles. The Labute approximate surface area is 121 Å². The first-order valence-corrected chi connectivity index (χ1v) is 7.77. The molecule has 1 aromatic rings. The highest BCUT2D eigenvalue weighted by molar-refractivity contribution is 7.89. The van der Waals surface area contributed by atoms with Crippen LogP contribution in [-0.2, 0) is 10.0 Å². The number of nitrogens with zero attached hydrogens (tertiary/aromatic N) is 1. The number of rotatable bonds is 3. The number of benzene rings is 1. The van der Waals surface area contributed by atoms with Crippen LogP contribution in [0.1, 0.15) is 10.4 Å². The maximum Gasteiger partial charge on any atom is 0.263 e. The normalized spacial score (nSPS) is 16.2. The first kappa shape index (κ1) is 15.2. The monoisotopic (exact) mass is 319 g/mol. The van der Waals surface area contributed by atoms with E-state index in [0.29, 0.717) is 26.2 Å². The standard InChI is InChI=1S/C11H14ClN3O4S/c12-9-2-1-8(7-10(9)20(18,19)14-17)11(16)15-5-3-13-4-6-15/h1-2,7,13-14,17H,3-6H2. The lowest BCUT2D eigenvalue weighted by Crippen LogP contribution is -2.46. The van der Waals surface area contributed by atoms with E-state index in [-0.39, 0.29) is 21.4 Å². The number of carbonyl (C=O) groups is 1. The van der Waals surface area contributed by atoms with Crippen molar-refractivity contribution in [2.45, 2.75) is 4.90 Å². The number of hydrogen-bond acceptors (Lipinski definition) is 5. The SMILES string of the molecule is O=C(c1ccc(Cl)c(S(=O)(=O)NO)c1)N1CCNCC1. The molecule has 0 aromatic heterocycles. The van der Waals surface area contributed by atoms with Crippen molar-refractivity contribution in [1.29, 1.82) is 0 Å². The van der Waals surface area contributed by atoms with Crippen molar-refractivity contribution >= 4 is 27.5 Å². The quantitative estimate of drug-likeness (QED) is 0.684. The summed E-state index contributed by atoms with van der Waals surface area (Å²) in [6, 6.07) is 3.94. The second-order valence-electron chi connectivity index (χ2n) is 4.28. The molecule has 1 saturated heterocycles. The van der Waals surface area contributed by atoms with Crippen LogP contribution < -0.4 is 10.2 Å². The lowest BCUT2D eigenvalue weighted by molar-refractivity contribution is 0.0735. The second-order valence-corrected chi connectivity index (χ2v) is 6.32. The summed E-state index contributed by atoms with van der Waals surface area (Å²) in [6.07, 6.45) is 0. The Morgan fingerprint density at radius 1 is 1.35 bits per heavy atom. The largest absolute Gasteiger partial charge is 0.336 e. The summed E-state index contributed by atoms with van der Waals surface area (Å²) < 4.78 is 23.2. The fourth-order valence-electron chi connectivity index (χ4n) is 1.94. The van der Waals surface area contributed by atoms with E-state index in [1.54, 1.807) is 4.90 Å². The van der Waals surface area contributed by atoms with Crippen LogP contribution in [0.15, 0.2) is 23.1 Å². The molecule has 0 spiro atoms. The van der Waals surface area contributed by atoms with Gasteiger partial charge in [0, 0.05) is 31.7 Å². The van der Waals surface area contributed by atoms with Crippen molar-refractivity contribution in [3.63, 3.8) is 0 Å². The molecule has 1 amide bonds. The number of hydrogen-bond donors (Lipinski definition) is 3. The molecule has 0 atom stereocenters. The van der Waals surface area contributed by atoms with Crippen LogP contribution in [0, 0.1) is 0 Å². The van der Waals surface area contributed by atoms with Gasteiger partial charge in [-0.25, -0.2) is 8.42 Å². The van der Waals surface area contributed by atoms with Gasteiger partial charge in [-0.3, -0.25) is 4.79 Å². The summed E-state index contributed by atoms with van der Waals surface area (Å²) in [5, 5.41) is 11.7. The van der Waals surface area contributed by atoms with Gasteiger partial charge < -0.3 is 15.4 Å². The number of piperazine rings is 1. The Morgan fingerprint density at radius 3 is 2.60 bits per heavy atom. The third kappa shape index (κ3) is 3.10. The molecule has 1 heterocycles. The number of nitrogens with one attached hydrogen (secondary N) is 2. The number of carbonyl (C=O) groups excluding carboxylic acids is 1. The van der Waals surface area contributed by atoms with Crippen molar-refractivity contribution in [3.8, 4) is 0 Å². The highest BCUT2D eigenvalue weighted by atomic mass is 35.5. The molecule has 110 valence electrons. The van der Waals surface area contributed by atoms with E-state index in [0.717, 1.165) is 6.07 Å². The molecule has 0 radical (unpaired) electrons. The smallest absolute Gasteiger partial charge is 0.263 e. The molecule has 7 nitrogen and oxygen atoms in total. The zero-order valence-electron chi connectivity index (χ0n) is 10.5. The summed E-state index contributed by atoms with van der Waals surface area (Å²) in [5.74, 6) is -0.266. The Hall–Kier alpha value is -1.19. The van der Waals surface area contributed by atoms with E-state index in [1.807, 2.05) is 0 Å². The van der Waals surface area contributed by atoms with Crippen molar-refractivity contribution in [1.82, 2.24) is 15.1 Å². The van der Waals surface area contributed by atoms with Crippen molar-refractivity contribution in [3.05, 3.63) is 28.8 Å². The lowest BCUT2D eigenvalue weighted by atomic mass is 10.2. The van der Waals surface area contributed by atoms with Crippen LogP contribution in [0.4, 0.5) is 0 Å². The van der Waals surface area contributed by atoms with Crippen LogP contribution in [0.3, 0.4) is 0 Å². The summed E-state index contributed by atoms with van der Waals surface area (Å²) in [7, 11) is -4.13. The van der Waals surface area contributed by atoms with E-state index < -0.39 is 10.0 Å². The van der Waals surface area contributed by atoms with Gasteiger partial charge in [0.15, 0.2) is 0 Å². The molecule has 0 bridgehead atoms. The Morgan fingerprint density at radius 2 is 2.00 bits per heavy atom. The van der Waals surface area contributed by atoms with E-state index in [4.69, 9.17) is 16.8 Å². The van der Waals surface area contributed by atoms with Gasteiger partial charge in [-0.1, -0.05) is 16.5 Å². The molecule has 1 aromatic carbocycles. The zero-order valence-corrected chi connectivity index (χ0v) is 12.0. The molecule has 1 aliphatic heterocycles. The Balaban J connectivity index is 2.34. The minimum absolute atomic E-state index is 0.0663. The molecule has 20 heavy (non-hydrogen) atoms. The van der Waals surface area contributed by atoms with Gasteiger partial charge in [0.2, 0.25) is 0 Å². The van der Waals surface area contributed by atoms with Gasteiger partial charge in [-0.2, -0.15) is 0 Å². The fraction of sp³-hybridized carbons (Fsp3) is 0.364. The summed E-state index contributed by atoms with van der Waals surface area (Å²) in [5.41, 5.74) is 0.213. The topological polar surface area (TPSA) is 98.7 Å². The second kappa shape index (κ2) is 6.06. The summed E-state index contributed by atoms with van der Waals surface area (Å²) >= 11 is 5.78. The van der Waals surface area contributed by atoms with Gasteiger partial charge in [0.25, 0.3) is 15.9 Å². The molecule has 9 heteroatoms. The lowest BCUT2D eigenvalue weighted by Gasteiger charge is -2.27. The zero-order chi connectivity index (χ0) is 14.8. The fourth-order valence-corrected chi connectivity index (χ4v) is 3.07. The summed E-state index contributed by atoms with van der Waals surface area (Å²) in [4.78, 5) is 14.7. The Bertz CT molecular complexity index is 614. The molecule has 0 saturated carbocycles. The van der Waals surface area contributed by atoms with Crippen molar-refractivity contribution in [2.75, 3.05) is 26.2 Å². The number of halogens is 1. The van der Waals surface area contributed by atoms with Gasteiger partial charge >= 0.3 is 0 Å². The first-order chi connectivity index (χ1) is 9.45. The highest BCUT2D eigenvalue weighted by Crippen LogP contribution is 2.23. The van der Waals surface area contributed by atoms with Gasteiger partial charge in [-0.15, -0.1) is 0 Å². The third-order valence-corrected chi connectivity index (χ3v) is 4.59. The maximum absolute atomic E-state index is 12.3. The molecule has 0 unspecified atom stereocenters. The average Bonchev–Trinajstić information content (AvgIpc) is 2.47. The predicted molar refractivity (Wildman–Crippen MR) is 72.3 cm³/mol. The molecule has 2 rings (SSSR count). The highest BCUT2D eigenvalue weighted by Gasteiger charge is 2.22. The first-order valence-electron chi connectivity index (χ1n) is 5.91. The molecule has 3 N–H and O–H groups in total. The van der Waals surface area contributed by atoms with Crippen LogP contribution in [0.5, 0.6) is 0 Å². The maximum atomic E-state index is 12.3. The molecule has 1 fully saturated rings. The van der Waals surface area contributed by atoms with E-state index in [2.05, 4.69) is 5.32 Å². The number of amides is 1. The Kier molecular flexibility index (Phi) is 4.61. The van der Waals surface area contributed by atoms with Crippen LogP contribution in [-0.4, -0.2) is 50.6 Å². The van der Waals surface area contributed by atoms with E-state index in [9.17, 15) is 13.2 Å². The van der Waals surface area contributed by atoms with Crippen LogP contribution >= 0.6 is 11.6 Å². The van der Waals surface area contributed by atoms with Crippen molar-refractivity contribution in [2.24, 2.45) is 0 Å². The summed E-state index contributed by atoms with van der Waals surface area (Å²) in [6.45, 7) is 2.51.